The number of aryl methyl sites for hydroxylation is 2. The Labute approximate surface area is 125 Å². The average molecular weight is 285 g/mol. The Bertz CT molecular complexity index is 543. The first-order valence-electron chi connectivity index (χ1n) is 7.77. The quantitative estimate of drug-likeness (QED) is 0.880. The van der Waals surface area contributed by atoms with Crippen LogP contribution in [0.5, 0.6) is 0 Å². The van der Waals surface area contributed by atoms with E-state index < -0.39 is 0 Å². The Kier molecular flexibility index (Phi) is 4.50. The van der Waals surface area contributed by atoms with E-state index in [-0.39, 0.29) is 0 Å². The van der Waals surface area contributed by atoms with E-state index in [4.69, 9.17) is 5.73 Å². The van der Waals surface area contributed by atoms with E-state index in [0.717, 1.165) is 57.0 Å². The topological polar surface area (TPSA) is 70.8 Å². The molecule has 0 atom stereocenters. The maximum atomic E-state index is 5.93. The van der Waals surface area contributed by atoms with Crippen molar-refractivity contribution in [3.8, 4) is 0 Å². The van der Waals surface area contributed by atoms with Crippen LogP contribution in [0.4, 0.5) is 5.95 Å². The number of hydrogen-bond donors (Lipinski definition) is 2. The second-order valence-electron chi connectivity index (χ2n) is 5.75. The third-order valence-electron chi connectivity index (χ3n) is 4.06. The minimum atomic E-state index is 0.338. The van der Waals surface area contributed by atoms with Gasteiger partial charge >= 0.3 is 0 Å². The summed E-state index contributed by atoms with van der Waals surface area (Å²) < 4.78 is 0. The van der Waals surface area contributed by atoms with Crippen LogP contribution in [0, 0.1) is 0 Å². The normalized spacial score (nSPS) is 16.3. The van der Waals surface area contributed by atoms with Gasteiger partial charge in [-0.25, -0.2) is 0 Å². The monoisotopic (exact) mass is 285 g/mol. The fraction of sp³-hybridized carbons (Fsp3) is 0.500. The SMILES string of the molecule is NC1CCN(c2n[nH]c(CCCc3ccccc3)n2)CC1. The Morgan fingerprint density at radius 1 is 1.14 bits per heavy atom. The zero-order valence-electron chi connectivity index (χ0n) is 12.3. The zero-order valence-corrected chi connectivity index (χ0v) is 12.3. The maximum absolute atomic E-state index is 5.93. The van der Waals surface area contributed by atoms with Crippen molar-refractivity contribution in [1.82, 2.24) is 15.2 Å². The van der Waals surface area contributed by atoms with E-state index >= 15 is 0 Å². The van der Waals surface area contributed by atoms with Gasteiger partial charge in [0, 0.05) is 25.6 Å². The summed E-state index contributed by atoms with van der Waals surface area (Å²) in [6.45, 7) is 1.92. The van der Waals surface area contributed by atoms with Gasteiger partial charge in [0.2, 0.25) is 5.95 Å². The largest absolute Gasteiger partial charge is 0.339 e. The highest BCUT2D eigenvalue weighted by molar-refractivity contribution is 5.29. The third kappa shape index (κ3) is 3.82. The Morgan fingerprint density at radius 2 is 1.90 bits per heavy atom. The molecule has 2 aromatic rings. The van der Waals surface area contributed by atoms with Gasteiger partial charge in [-0.2, -0.15) is 4.98 Å². The molecule has 1 aromatic heterocycles. The summed E-state index contributed by atoms with van der Waals surface area (Å²) in [7, 11) is 0. The van der Waals surface area contributed by atoms with Crippen molar-refractivity contribution in [1.29, 1.82) is 0 Å². The molecular formula is C16H23N5. The fourth-order valence-electron chi connectivity index (χ4n) is 2.74. The lowest BCUT2D eigenvalue weighted by Crippen LogP contribution is -2.40. The molecule has 0 bridgehead atoms. The van der Waals surface area contributed by atoms with E-state index in [2.05, 4.69) is 50.4 Å². The first-order chi connectivity index (χ1) is 10.3. The van der Waals surface area contributed by atoms with E-state index in [1.165, 1.54) is 5.56 Å². The minimum Gasteiger partial charge on any atom is -0.339 e. The molecular weight excluding hydrogens is 262 g/mol. The average Bonchev–Trinajstić information content (AvgIpc) is 2.98. The van der Waals surface area contributed by atoms with Gasteiger partial charge in [0.05, 0.1) is 0 Å². The van der Waals surface area contributed by atoms with Gasteiger partial charge in [-0.1, -0.05) is 30.3 Å². The molecule has 1 aliphatic heterocycles. The molecule has 1 aliphatic rings. The van der Waals surface area contributed by atoms with Crippen LogP contribution in [0.25, 0.3) is 0 Å². The van der Waals surface area contributed by atoms with Crippen LogP contribution in [0.3, 0.4) is 0 Å². The van der Waals surface area contributed by atoms with Crippen molar-refractivity contribution in [2.45, 2.75) is 38.1 Å². The number of anilines is 1. The highest BCUT2D eigenvalue weighted by atomic mass is 15.4. The van der Waals surface area contributed by atoms with E-state index in [0.29, 0.717) is 6.04 Å². The third-order valence-corrected chi connectivity index (χ3v) is 4.06. The van der Waals surface area contributed by atoms with E-state index in [1.807, 2.05) is 0 Å². The van der Waals surface area contributed by atoms with Crippen molar-refractivity contribution in [3.63, 3.8) is 0 Å². The predicted octanol–water partition coefficient (Wildman–Crippen LogP) is 1.91. The van der Waals surface area contributed by atoms with Crippen molar-refractivity contribution in [2.24, 2.45) is 5.73 Å². The van der Waals surface area contributed by atoms with Crippen LogP contribution in [-0.4, -0.2) is 34.3 Å². The number of H-pyrrole nitrogens is 1. The van der Waals surface area contributed by atoms with Gasteiger partial charge in [-0.05, 0) is 31.2 Å². The minimum absolute atomic E-state index is 0.338. The summed E-state index contributed by atoms with van der Waals surface area (Å²) in [5.74, 6) is 1.81. The van der Waals surface area contributed by atoms with E-state index in [1.54, 1.807) is 0 Å². The van der Waals surface area contributed by atoms with Gasteiger partial charge in [-0.15, -0.1) is 5.10 Å². The molecule has 0 spiro atoms. The molecule has 1 aromatic carbocycles. The summed E-state index contributed by atoms with van der Waals surface area (Å²) in [6, 6.07) is 10.9. The molecule has 0 aliphatic carbocycles. The number of nitrogens with one attached hydrogen (secondary N) is 1. The molecule has 112 valence electrons. The maximum Gasteiger partial charge on any atom is 0.244 e. The van der Waals surface area contributed by atoms with Crippen LogP contribution < -0.4 is 10.6 Å². The van der Waals surface area contributed by atoms with Crippen molar-refractivity contribution in [3.05, 3.63) is 41.7 Å². The number of aromatic amines is 1. The molecule has 5 heteroatoms. The van der Waals surface area contributed by atoms with Crippen LogP contribution in [-0.2, 0) is 12.8 Å². The van der Waals surface area contributed by atoms with Gasteiger partial charge in [0.25, 0.3) is 0 Å². The summed E-state index contributed by atoms with van der Waals surface area (Å²) in [6.07, 6.45) is 5.16. The van der Waals surface area contributed by atoms with Gasteiger partial charge in [0.15, 0.2) is 0 Å². The van der Waals surface area contributed by atoms with Gasteiger partial charge in [0.1, 0.15) is 5.82 Å². The number of rotatable bonds is 5. The number of piperidine rings is 1. The molecule has 5 nitrogen and oxygen atoms in total. The highest BCUT2D eigenvalue weighted by Gasteiger charge is 2.19. The summed E-state index contributed by atoms with van der Waals surface area (Å²) >= 11 is 0. The van der Waals surface area contributed by atoms with Crippen LogP contribution in [0.15, 0.2) is 30.3 Å². The molecule has 0 saturated carbocycles. The number of aromatic nitrogens is 3. The Hall–Kier alpha value is -1.88. The van der Waals surface area contributed by atoms with Crippen LogP contribution in [0.1, 0.15) is 30.7 Å². The van der Waals surface area contributed by atoms with Crippen molar-refractivity contribution < 1.29 is 0 Å². The molecule has 0 unspecified atom stereocenters. The molecule has 0 amide bonds. The Morgan fingerprint density at radius 3 is 2.67 bits per heavy atom. The molecule has 0 radical (unpaired) electrons. The summed E-state index contributed by atoms with van der Waals surface area (Å²) in [5, 5.41) is 7.41. The standard InChI is InChI=1S/C16H23N5/c17-14-9-11-21(12-10-14)16-18-15(19-20-16)8-4-7-13-5-2-1-3-6-13/h1-3,5-6,14H,4,7-12,17H2,(H,18,19,20). The first-order valence-corrected chi connectivity index (χ1v) is 7.77. The summed E-state index contributed by atoms with van der Waals surface area (Å²) in [4.78, 5) is 6.83. The number of nitrogens with zero attached hydrogens (tertiary/aromatic N) is 3. The number of benzene rings is 1. The van der Waals surface area contributed by atoms with Crippen LogP contribution in [0.2, 0.25) is 0 Å². The lowest BCUT2D eigenvalue weighted by atomic mass is 10.1. The lowest BCUT2D eigenvalue weighted by molar-refractivity contribution is 0.496. The molecule has 1 fully saturated rings. The second-order valence-corrected chi connectivity index (χ2v) is 5.75. The zero-order chi connectivity index (χ0) is 14.5. The van der Waals surface area contributed by atoms with Gasteiger partial charge in [-0.3, -0.25) is 5.10 Å². The van der Waals surface area contributed by atoms with E-state index in [9.17, 15) is 0 Å². The van der Waals surface area contributed by atoms with Crippen LogP contribution >= 0.6 is 0 Å². The highest BCUT2D eigenvalue weighted by Crippen LogP contribution is 2.15. The Balaban J connectivity index is 1.49. The number of nitrogens with two attached hydrogens (primary N) is 1. The first kappa shape index (κ1) is 14.1. The smallest absolute Gasteiger partial charge is 0.244 e. The molecule has 3 N–H and O–H groups in total. The summed E-state index contributed by atoms with van der Waals surface area (Å²) in [5.41, 5.74) is 7.30. The molecule has 21 heavy (non-hydrogen) atoms. The lowest BCUT2D eigenvalue weighted by Gasteiger charge is -2.28. The molecule has 3 rings (SSSR count). The predicted molar refractivity (Wildman–Crippen MR) is 84.3 cm³/mol. The second kappa shape index (κ2) is 6.72. The molecule has 2 heterocycles. The number of hydrogen-bond acceptors (Lipinski definition) is 4. The van der Waals surface area contributed by atoms with Gasteiger partial charge < -0.3 is 10.6 Å². The molecule has 1 saturated heterocycles. The van der Waals surface area contributed by atoms with Crippen molar-refractivity contribution in [2.75, 3.05) is 18.0 Å². The fourth-order valence-corrected chi connectivity index (χ4v) is 2.74. The van der Waals surface area contributed by atoms with Crippen molar-refractivity contribution >= 4 is 5.95 Å².